The molecule has 4 amide bonds. The van der Waals surface area contributed by atoms with Crippen molar-refractivity contribution in [2.75, 3.05) is 0 Å². The normalized spacial score (nSPS) is 16.4. The van der Waals surface area contributed by atoms with Crippen molar-refractivity contribution in [3.63, 3.8) is 0 Å². The van der Waals surface area contributed by atoms with Crippen LogP contribution in [0.3, 0.4) is 0 Å². The Morgan fingerprint density at radius 3 is 2.48 bits per heavy atom. The van der Waals surface area contributed by atoms with Crippen LogP contribution in [0.15, 0.2) is 66.9 Å². The molecule has 1 aliphatic rings. The first-order chi connectivity index (χ1) is 11.0. The topological polar surface area (TPSA) is 57.7 Å². The van der Waals surface area contributed by atoms with Crippen molar-refractivity contribution in [3.8, 4) is 0 Å². The molecule has 1 heterocycles. The predicted molar refractivity (Wildman–Crippen MR) is 86.9 cm³/mol. The van der Waals surface area contributed by atoms with E-state index in [1.54, 1.807) is 31.2 Å². The van der Waals surface area contributed by atoms with Crippen LogP contribution in [-0.4, -0.2) is 27.6 Å². The van der Waals surface area contributed by atoms with Crippen LogP contribution in [0.4, 0.5) is 4.79 Å². The van der Waals surface area contributed by atoms with Crippen LogP contribution in [0.5, 0.6) is 0 Å². The summed E-state index contributed by atoms with van der Waals surface area (Å²) in [5, 5.41) is 0. The van der Waals surface area contributed by atoms with Crippen LogP contribution in [0, 0.1) is 0 Å². The molecule has 0 unspecified atom stereocenters. The monoisotopic (exact) mass is 310 g/mol. The van der Waals surface area contributed by atoms with Crippen LogP contribution in [0.2, 0.25) is 0 Å². The number of rotatable bonds is 5. The summed E-state index contributed by atoms with van der Waals surface area (Å²) in [7, 11) is 0. The second kappa shape index (κ2) is 7.35. The highest BCUT2D eigenvalue weighted by Gasteiger charge is 2.38. The lowest BCUT2D eigenvalue weighted by Crippen LogP contribution is -2.53. The number of benzene rings is 1. The molecule has 23 heavy (non-hydrogen) atoms. The Hall–Kier alpha value is -2.95. The maximum absolute atomic E-state index is 12.5. The highest BCUT2D eigenvalue weighted by molar-refractivity contribution is 6.15. The third kappa shape index (κ3) is 3.83. The number of amides is 4. The highest BCUT2D eigenvalue weighted by Crippen LogP contribution is 2.19. The van der Waals surface area contributed by atoms with Crippen molar-refractivity contribution < 1.29 is 14.4 Å². The van der Waals surface area contributed by atoms with Gasteiger partial charge in [-0.2, -0.15) is 0 Å². The maximum Gasteiger partial charge on any atom is 0.338 e. The molecule has 0 radical (unpaired) electrons. The van der Waals surface area contributed by atoms with E-state index in [-0.39, 0.29) is 13.0 Å². The Labute approximate surface area is 135 Å². The molecule has 0 aliphatic carbocycles. The fourth-order valence-corrected chi connectivity index (χ4v) is 2.26. The molecule has 118 valence electrons. The lowest BCUT2D eigenvalue weighted by Gasteiger charge is -2.33. The maximum atomic E-state index is 12.5. The van der Waals surface area contributed by atoms with Crippen molar-refractivity contribution in [1.82, 2.24) is 9.80 Å². The largest absolute Gasteiger partial charge is 0.338 e. The number of carbonyl (C=O) groups excluding carboxylic acids is 3. The SMILES string of the molecule is C=C/C=C\C=C(/C)N1C(=O)CC(=O)N(Cc2ccccc2)C1=O. The van der Waals surface area contributed by atoms with Gasteiger partial charge < -0.3 is 0 Å². The van der Waals surface area contributed by atoms with Crippen molar-refractivity contribution in [1.29, 1.82) is 0 Å². The van der Waals surface area contributed by atoms with E-state index in [2.05, 4.69) is 6.58 Å². The number of urea groups is 1. The van der Waals surface area contributed by atoms with Gasteiger partial charge in [-0.3, -0.25) is 14.5 Å². The van der Waals surface area contributed by atoms with E-state index in [0.717, 1.165) is 15.4 Å². The minimum atomic E-state index is -0.615. The van der Waals surface area contributed by atoms with E-state index >= 15 is 0 Å². The second-order valence-corrected chi connectivity index (χ2v) is 5.08. The zero-order valence-corrected chi connectivity index (χ0v) is 12.9. The summed E-state index contributed by atoms with van der Waals surface area (Å²) in [6, 6.07) is 8.58. The fraction of sp³-hybridized carbons (Fsp3) is 0.167. The summed E-state index contributed by atoms with van der Waals surface area (Å²) in [5.41, 5.74) is 1.29. The predicted octanol–water partition coefficient (Wildman–Crippen LogP) is 3.01. The highest BCUT2D eigenvalue weighted by atomic mass is 16.2. The lowest BCUT2D eigenvalue weighted by molar-refractivity contribution is -0.141. The first kappa shape index (κ1) is 16.4. The van der Waals surface area contributed by atoms with Crippen LogP contribution in [0.25, 0.3) is 0 Å². The van der Waals surface area contributed by atoms with Gasteiger partial charge in [-0.15, -0.1) is 0 Å². The molecule has 1 aromatic rings. The number of carbonyl (C=O) groups is 3. The van der Waals surface area contributed by atoms with Crippen LogP contribution < -0.4 is 0 Å². The Kier molecular flexibility index (Phi) is 5.25. The molecule has 5 nitrogen and oxygen atoms in total. The first-order valence-electron chi connectivity index (χ1n) is 7.21. The van der Waals surface area contributed by atoms with Gasteiger partial charge in [0.05, 0.1) is 6.54 Å². The van der Waals surface area contributed by atoms with Gasteiger partial charge in [0.2, 0.25) is 11.8 Å². The van der Waals surface area contributed by atoms with Gasteiger partial charge in [0.1, 0.15) is 6.42 Å². The number of hydrogen-bond donors (Lipinski definition) is 0. The van der Waals surface area contributed by atoms with Gasteiger partial charge in [0, 0.05) is 5.70 Å². The Bertz CT molecular complexity index is 689. The summed E-state index contributed by atoms with van der Waals surface area (Å²) in [6.45, 7) is 5.36. The average molecular weight is 310 g/mol. The molecule has 0 bridgehead atoms. The van der Waals surface area contributed by atoms with Crippen molar-refractivity contribution >= 4 is 17.8 Å². The molecule has 0 spiro atoms. The summed E-state index contributed by atoms with van der Waals surface area (Å²) in [5.74, 6) is -0.986. The third-order valence-corrected chi connectivity index (χ3v) is 3.40. The summed E-state index contributed by atoms with van der Waals surface area (Å²) in [4.78, 5) is 38.8. The number of imide groups is 2. The van der Waals surface area contributed by atoms with Crippen molar-refractivity contribution in [2.24, 2.45) is 0 Å². The zero-order valence-electron chi connectivity index (χ0n) is 12.9. The van der Waals surface area contributed by atoms with Gasteiger partial charge in [-0.1, -0.05) is 55.1 Å². The molecule has 5 heteroatoms. The summed E-state index contributed by atoms with van der Waals surface area (Å²) < 4.78 is 0. The molecule has 0 aromatic heterocycles. The third-order valence-electron chi connectivity index (χ3n) is 3.40. The van der Waals surface area contributed by atoms with E-state index < -0.39 is 17.8 Å². The smallest absolute Gasteiger partial charge is 0.274 e. The molecule has 1 aromatic carbocycles. The molecule has 1 saturated heterocycles. The van der Waals surface area contributed by atoms with Gasteiger partial charge in [0.15, 0.2) is 0 Å². The number of barbiturate groups is 1. The zero-order chi connectivity index (χ0) is 16.8. The molecule has 1 aliphatic heterocycles. The van der Waals surface area contributed by atoms with Crippen LogP contribution in [-0.2, 0) is 16.1 Å². The Morgan fingerprint density at radius 1 is 1.13 bits per heavy atom. The lowest BCUT2D eigenvalue weighted by atomic mass is 10.1. The van der Waals surface area contributed by atoms with E-state index in [1.807, 2.05) is 30.3 Å². The van der Waals surface area contributed by atoms with Gasteiger partial charge >= 0.3 is 6.03 Å². The van der Waals surface area contributed by atoms with Gasteiger partial charge in [0.25, 0.3) is 0 Å². The molecule has 0 saturated carbocycles. The number of allylic oxidation sites excluding steroid dienone is 5. The number of nitrogens with zero attached hydrogens (tertiary/aromatic N) is 2. The first-order valence-corrected chi connectivity index (χ1v) is 7.21. The van der Waals surface area contributed by atoms with Crippen LogP contribution in [0.1, 0.15) is 18.9 Å². The minimum Gasteiger partial charge on any atom is -0.274 e. The molecular weight excluding hydrogens is 292 g/mol. The molecule has 0 atom stereocenters. The standard InChI is InChI=1S/C18H18N2O3/c1-3-4-6-9-14(2)20-17(22)12-16(21)19(18(20)23)13-15-10-7-5-8-11-15/h3-11H,1,12-13H2,2H3/b6-4-,14-9+. The minimum absolute atomic E-state index is 0.151. The van der Waals surface area contributed by atoms with E-state index in [1.165, 1.54) is 0 Å². The van der Waals surface area contributed by atoms with E-state index in [4.69, 9.17) is 0 Å². The molecule has 1 fully saturated rings. The Balaban J connectivity index is 2.24. The molecule has 2 rings (SSSR count). The van der Waals surface area contributed by atoms with Gasteiger partial charge in [-0.05, 0) is 18.6 Å². The average Bonchev–Trinajstić information content (AvgIpc) is 2.52. The van der Waals surface area contributed by atoms with E-state index in [0.29, 0.717) is 5.70 Å². The number of hydrogen-bond acceptors (Lipinski definition) is 3. The quantitative estimate of drug-likeness (QED) is 0.620. The molecular formula is C18H18N2O3. The second-order valence-electron chi connectivity index (χ2n) is 5.08. The Morgan fingerprint density at radius 2 is 1.83 bits per heavy atom. The fourth-order valence-electron chi connectivity index (χ4n) is 2.26. The summed E-state index contributed by atoms with van der Waals surface area (Å²) >= 11 is 0. The van der Waals surface area contributed by atoms with Crippen molar-refractivity contribution in [2.45, 2.75) is 19.9 Å². The van der Waals surface area contributed by atoms with E-state index in [9.17, 15) is 14.4 Å². The van der Waals surface area contributed by atoms with Crippen LogP contribution >= 0.6 is 0 Å². The van der Waals surface area contributed by atoms with Gasteiger partial charge in [-0.25, -0.2) is 9.69 Å². The molecule has 0 N–H and O–H groups in total. The van der Waals surface area contributed by atoms with Crippen molar-refractivity contribution in [3.05, 3.63) is 72.5 Å². The summed E-state index contributed by atoms with van der Waals surface area (Å²) in [6.07, 6.45) is 6.29.